The lowest BCUT2D eigenvalue weighted by atomic mass is 10.0. The second-order valence-corrected chi connectivity index (χ2v) is 5.18. The molecule has 0 aliphatic carbocycles. The summed E-state index contributed by atoms with van der Waals surface area (Å²) in [5.41, 5.74) is 1.65. The second kappa shape index (κ2) is 5.79. The summed E-state index contributed by atoms with van der Waals surface area (Å²) in [5.74, 6) is 2.02. The Morgan fingerprint density at radius 2 is 1.48 bits per heavy atom. The molecule has 6 nitrogen and oxygen atoms in total. The van der Waals surface area contributed by atoms with Crippen LogP contribution in [0.25, 0.3) is 0 Å². The van der Waals surface area contributed by atoms with Gasteiger partial charge >= 0.3 is 0 Å². The van der Waals surface area contributed by atoms with Crippen LogP contribution >= 0.6 is 0 Å². The molecule has 6 heteroatoms. The van der Waals surface area contributed by atoms with Crippen molar-refractivity contribution in [2.75, 3.05) is 21.3 Å². The maximum atomic E-state index is 10.1. The third kappa shape index (κ3) is 2.46. The number of phenols is 2. The molecule has 0 unspecified atom stereocenters. The fourth-order valence-electron chi connectivity index (χ4n) is 2.77. The molecule has 3 rings (SSSR count). The van der Waals surface area contributed by atoms with Gasteiger partial charge in [-0.3, -0.25) is 0 Å². The summed E-state index contributed by atoms with van der Waals surface area (Å²) in [6.07, 6.45) is 1.27. The summed E-state index contributed by atoms with van der Waals surface area (Å²) >= 11 is 0. The average Bonchev–Trinajstić information content (AvgIpc) is 2.71. The van der Waals surface area contributed by atoms with Gasteiger partial charge in [0.15, 0.2) is 23.0 Å². The van der Waals surface area contributed by atoms with Crippen molar-refractivity contribution < 1.29 is 29.2 Å². The minimum atomic E-state index is -0.00177. The third-order valence-electron chi connectivity index (χ3n) is 3.89. The molecule has 0 radical (unpaired) electrons. The highest BCUT2D eigenvalue weighted by Crippen LogP contribution is 2.50. The van der Waals surface area contributed by atoms with Crippen molar-refractivity contribution in [2.45, 2.75) is 12.8 Å². The lowest BCUT2D eigenvalue weighted by Crippen LogP contribution is -1.98. The van der Waals surface area contributed by atoms with Gasteiger partial charge in [-0.15, -0.1) is 0 Å². The minimum Gasteiger partial charge on any atom is -0.504 e. The molecule has 0 atom stereocenters. The molecule has 2 N–H and O–H groups in total. The number of aryl methyl sites for hydroxylation is 2. The van der Waals surface area contributed by atoms with Crippen LogP contribution < -0.4 is 18.9 Å². The Morgan fingerprint density at radius 3 is 2.13 bits per heavy atom. The largest absolute Gasteiger partial charge is 0.504 e. The van der Waals surface area contributed by atoms with Crippen molar-refractivity contribution in [3.8, 4) is 40.2 Å². The number of benzene rings is 2. The molecule has 122 valence electrons. The summed E-state index contributed by atoms with van der Waals surface area (Å²) in [7, 11) is 4.42. The highest BCUT2D eigenvalue weighted by molar-refractivity contribution is 5.65. The molecule has 0 saturated carbocycles. The molecule has 23 heavy (non-hydrogen) atoms. The van der Waals surface area contributed by atoms with E-state index in [0.29, 0.717) is 35.8 Å². The molecular formula is C17H18O6. The van der Waals surface area contributed by atoms with Crippen LogP contribution in [-0.2, 0) is 12.8 Å². The molecule has 0 spiro atoms. The molecule has 1 aliphatic rings. The zero-order valence-electron chi connectivity index (χ0n) is 13.2. The second-order valence-electron chi connectivity index (χ2n) is 5.18. The number of methoxy groups -OCH3 is 3. The Kier molecular flexibility index (Phi) is 3.82. The normalized spacial score (nSPS) is 12.5. The first-order valence-corrected chi connectivity index (χ1v) is 7.13. The Hall–Kier alpha value is -2.76. The Labute approximate surface area is 133 Å². The molecule has 1 aliphatic heterocycles. The van der Waals surface area contributed by atoms with Crippen LogP contribution in [-0.4, -0.2) is 31.5 Å². The van der Waals surface area contributed by atoms with Crippen LogP contribution in [0.3, 0.4) is 0 Å². The zero-order chi connectivity index (χ0) is 16.6. The molecule has 1 heterocycles. The summed E-state index contributed by atoms with van der Waals surface area (Å²) in [4.78, 5) is 0. The number of ether oxygens (including phenoxy) is 4. The first kappa shape index (κ1) is 15.1. The van der Waals surface area contributed by atoms with Crippen LogP contribution in [0.1, 0.15) is 11.1 Å². The summed E-state index contributed by atoms with van der Waals surface area (Å²) in [6, 6.07) is 4.88. The maximum Gasteiger partial charge on any atom is 0.208 e. The molecule has 0 aromatic heterocycles. The number of fused-ring (bicyclic) bond motifs is 2. The fraction of sp³-hybridized carbons (Fsp3) is 0.294. The number of hydrogen-bond donors (Lipinski definition) is 2. The van der Waals surface area contributed by atoms with Crippen molar-refractivity contribution >= 4 is 0 Å². The van der Waals surface area contributed by atoms with E-state index in [2.05, 4.69) is 0 Å². The monoisotopic (exact) mass is 318 g/mol. The van der Waals surface area contributed by atoms with Crippen molar-refractivity contribution in [1.82, 2.24) is 0 Å². The topological polar surface area (TPSA) is 77.4 Å². The van der Waals surface area contributed by atoms with Gasteiger partial charge in [0, 0.05) is 11.6 Å². The van der Waals surface area contributed by atoms with E-state index in [0.717, 1.165) is 11.1 Å². The Bertz CT molecular complexity index is 753. The van der Waals surface area contributed by atoms with Gasteiger partial charge in [0.05, 0.1) is 21.3 Å². The Balaban J connectivity index is 2.17. The predicted octanol–water partition coefficient (Wildman–Crippen LogP) is 3.01. The number of hydrogen-bond acceptors (Lipinski definition) is 6. The van der Waals surface area contributed by atoms with Crippen LogP contribution in [0.5, 0.6) is 40.2 Å². The highest BCUT2D eigenvalue weighted by atomic mass is 16.5. The molecule has 0 amide bonds. The fourth-order valence-corrected chi connectivity index (χ4v) is 2.77. The van der Waals surface area contributed by atoms with Gasteiger partial charge in [-0.1, -0.05) is 0 Å². The molecular weight excluding hydrogens is 300 g/mol. The smallest absolute Gasteiger partial charge is 0.208 e. The lowest BCUT2D eigenvalue weighted by molar-refractivity contribution is 0.317. The average molecular weight is 318 g/mol. The first-order valence-electron chi connectivity index (χ1n) is 7.13. The van der Waals surface area contributed by atoms with Crippen molar-refractivity contribution in [2.24, 2.45) is 0 Å². The maximum absolute atomic E-state index is 10.1. The van der Waals surface area contributed by atoms with E-state index in [4.69, 9.17) is 18.9 Å². The van der Waals surface area contributed by atoms with Crippen LogP contribution in [0.4, 0.5) is 0 Å². The van der Waals surface area contributed by atoms with Gasteiger partial charge in [0.2, 0.25) is 11.5 Å². The zero-order valence-corrected chi connectivity index (χ0v) is 13.2. The molecule has 0 saturated heterocycles. The molecule has 0 fully saturated rings. The first-order chi connectivity index (χ1) is 11.1. The van der Waals surface area contributed by atoms with E-state index in [9.17, 15) is 10.2 Å². The van der Waals surface area contributed by atoms with Crippen LogP contribution in [0, 0.1) is 0 Å². The van der Waals surface area contributed by atoms with Crippen LogP contribution in [0.2, 0.25) is 0 Å². The van der Waals surface area contributed by atoms with Crippen molar-refractivity contribution in [1.29, 1.82) is 0 Å². The highest BCUT2D eigenvalue weighted by Gasteiger charge is 2.25. The van der Waals surface area contributed by atoms with Gasteiger partial charge < -0.3 is 29.2 Å². The van der Waals surface area contributed by atoms with Gasteiger partial charge in [-0.05, 0) is 30.5 Å². The SMILES string of the molecule is COc1cc2c(cc1O)CCc1cc(O)c(OC)c(OC)c1O2. The van der Waals surface area contributed by atoms with E-state index in [1.54, 1.807) is 18.2 Å². The van der Waals surface area contributed by atoms with E-state index in [1.165, 1.54) is 21.3 Å². The van der Waals surface area contributed by atoms with Crippen molar-refractivity contribution in [3.63, 3.8) is 0 Å². The summed E-state index contributed by atoms with van der Waals surface area (Å²) < 4.78 is 21.7. The van der Waals surface area contributed by atoms with E-state index >= 15 is 0 Å². The molecule has 0 bridgehead atoms. The molecule has 2 aromatic rings. The summed E-state index contributed by atoms with van der Waals surface area (Å²) in [5, 5.41) is 20.0. The molecule has 2 aromatic carbocycles. The van der Waals surface area contributed by atoms with Gasteiger partial charge in [0.1, 0.15) is 5.75 Å². The number of aromatic hydroxyl groups is 2. The lowest BCUT2D eigenvalue weighted by Gasteiger charge is -2.17. The summed E-state index contributed by atoms with van der Waals surface area (Å²) in [6.45, 7) is 0. The van der Waals surface area contributed by atoms with Gasteiger partial charge in [0.25, 0.3) is 0 Å². The van der Waals surface area contributed by atoms with Gasteiger partial charge in [-0.25, -0.2) is 0 Å². The van der Waals surface area contributed by atoms with E-state index < -0.39 is 0 Å². The minimum absolute atomic E-state index is 0.00177. The van der Waals surface area contributed by atoms with E-state index in [-0.39, 0.29) is 17.2 Å². The van der Waals surface area contributed by atoms with E-state index in [1.807, 2.05) is 0 Å². The van der Waals surface area contributed by atoms with Crippen molar-refractivity contribution in [3.05, 3.63) is 29.3 Å². The van der Waals surface area contributed by atoms with Gasteiger partial charge in [-0.2, -0.15) is 0 Å². The number of phenolic OH excluding ortho intramolecular Hbond substituents is 2. The standard InChI is InChI=1S/C17H18O6/c1-20-14-8-13-9(6-11(14)18)4-5-10-7-12(19)16(21-2)17(22-3)15(10)23-13/h6-8,18-19H,4-5H2,1-3H3. The third-order valence-corrected chi connectivity index (χ3v) is 3.89. The quantitative estimate of drug-likeness (QED) is 0.906. The van der Waals surface area contributed by atoms with Crippen LogP contribution in [0.15, 0.2) is 18.2 Å². The predicted molar refractivity (Wildman–Crippen MR) is 83.4 cm³/mol. The Morgan fingerprint density at radius 1 is 0.826 bits per heavy atom. The number of rotatable bonds is 3.